The highest BCUT2D eigenvalue weighted by Crippen LogP contribution is 2.21. The van der Waals surface area contributed by atoms with Gasteiger partial charge in [-0.15, -0.1) is 0 Å². The van der Waals surface area contributed by atoms with E-state index >= 15 is 0 Å². The lowest BCUT2D eigenvalue weighted by Crippen LogP contribution is -2.39. The van der Waals surface area contributed by atoms with Crippen molar-refractivity contribution < 1.29 is 14.7 Å². The lowest BCUT2D eigenvalue weighted by atomic mass is 10.0. The molecule has 7 heteroatoms. The normalized spacial score (nSPS) is 12.0. The van der Waals surface area contributed by atoms with Crippen molar-refractivity contribution >= 4 is 38.6 Å². The molecule has 3 rings (SSSR count). The molecule has 4 N–H and O–H groups in total. The molecule has 0 saturated carbocycles. The Hall–Kier alpha value is -2.64. The van der Waals surface area contributed by atoms with Crippen LogP contribution in [0.5, 0.6) is 0 Å². The van der Waals surface area contributed by atoms with Crippen molar-refractivity contribution in [3.05, 3.63) is 69.8 Å². The molecule has 0 saturated heterocycles. The number of aromatic nitrogens is 1. The van der Waals surface area contributed by atoms with Gasteiger partial charge in [0.1, 0.15) is 0 Å². The van der Waals surface area contributed by atoms with Crippen molar-refractivity contribution in [1.29, 1.82) is 0 Å². The molecule has 0 aliphatic carbocycles. The molecule has 30 heavy (non-hydrogen) atoms. The highest BCUT2D eigenvalue weighted by atomic mass is 79.9. The smallest absolute Gasteiger partial charge is 0.252 e. The van der Waals surface area contributed by atoms with Crippen LogP contribution in [0.1, 0.15) is 34.3 Å². The van der Waals surface area contributed by atoms with E-state index < -0.39 is 6.04 Å². The predicted octanol–water partition coefficient (Wildman–Crippen LogP) is 3.33. The summed E-state index contributed by atoms with van der Waals surface area (Å²) in [5.74, 6) is -0.234. The van der Waals surface area contributed by atoms with E-state index in [-0.39, 0.29) is 18.4 Å². The largest absolute Gasteiger partial charge is 0.394 e. The van der Waals surface area contributed by atoms with Gasteiger partial charge in [-0.25, -0.2) is 0 Å². The maximum absolute atomic E-state index is 12.9. The number of hydrogen-bond acceptors (Lipinski definition) is 3. The number of benzene rings is 2. The zero-order valence-corrected chi connectivity index (χ0v) is 18.5. The quantitative estimate of drug-likeness (QED) is 0.385. The fourth-order valence-corrected chi connectivity index (χ4v) is 3.90. The van der Waals surface area contributed by atoms with Gasteiger partial charge in [0.25, 0.3) is 5.91 Å². The lowest BCUT2D eigenvalue weighted by molar-refractivity contribution is -0.120. The van der Waals surface area contributed by atoms with E-state index in [2.05, 4.69) is 31.5 Å². The average Bonchev–Trinajstić information content (AvgIpc) is 3.17. The van der Waals surface area contributed by atoms with E-state index in [9.17, 15) is 14.7 Å². The Balaban J connectivity index is 1.67. The second kappa shape index (κ2) is 10.4. The molecule has 158 valence electrons. The van der Waals surface area contributed by atoms with Gasteiger partial charge in [0.2, 0.25) is 5.91 Å². The fourth-order valence-electron chi connectivity index (χ4n) is 3.47. The van der Waals surface area contributed by atoms with E-state index in [1.54, 1.807) is 7.05 Å². The minimum absolute atomic E-state index is 0.00754. The van der Waals surface area contributed by atoms with Gasteiger partial charge >= 0.3 is 0 Å². The van der Waals surface area contributed by atoms with E-state index in [1.165, 1.54) is 0 Å². The molecule has 0 aliphatic rings. The van der Waals surface area contributed by atoms with E-state index in [1.807, 2.05) is 48.7 Å². The van der Waals surface area contributed by atoms with Crippen LogP contribution < -0.4 is 10.6 Å². The number of aliphatic hydroxyl groups is 1. The Bertz CT molecular complexity index is 1030. The highest BCUT2D eigenvalue weighted by Gasteiger charge is 2.18. The summed E-state index contributed by atoms with van der Waals surface area (Å²) < 4.78 is 0.693. The summed E-state index contributed by atoms with van der Waals surface area (Å²) in [5, 5.41) is 16.5. The minimum Gasteiger partial charge on any atom is -0.394 e. The molecular weight excluding hydrogens is 446 g/mol. The molecule has 0 bridgehead atoms. The van der Waals surface area contributed by atoms with Gasteiger partial charge in [0.15, 0.2) is 0 Å². The number of rotatable bonds is 9. The number of amides is 2. The molecule has 1 atom stereocenters. The summed E-state index contributed by atoms with van der Waals surface area (Å²) in [7, 11) is 1.62. The number of hydrogen-bond donors (Lipinski definition) is 4. The summed E-state index contributed by atoms with van der Waals surface area (Å²) in [6.45, 7) is -0.158. The molecule has 0 fully saturated rings. The Morgan fingerprint density at radius 1 is 1.20 bits per heavy atom. The molecule has 0 unspecified atom stereocenters. The van der Waals surface area contributed by atoms with E-state index in [4.69, 9.17) is 0 Å². The molecule has 1 heterocycles. The summed E-state index contributed by atoms with van der Waals surface area (Å²) >= 11 is 3.45. The number of aryl methyl sites for hydroxylation is 1. The Morgan fingerprint density at radius 2 is 2.00 bits per heavy atom. The first-order valence-corrected chi connectivity index (χ1v) is 10.8. The number of aliphatic hydroxyl groups excluding tert-OH is 1. The van der Waals surface area contributed by atoms with E-state index in [0.717, 1.165) is 22.0 Å². The zero-order chi connectivity index (χ0) is 21.5. The molecule has 3 aromatic rings. The Labute approximate surface area is 184 Å². The van der Waals surface area contributed by atoms with E-state index in [0.29, 0.717) is 35.7 Å². The minimum atomic E-state index is -0.402. The fraction of sp³-hybridized carbons (Fsp3) is 0.304. The highest BCUT2D eigenvalue weighted by molar-refractivity contribution is 9.10. The van der Waals surface area contributed by atoms with Crippen LogP contribution in [0, 0.1) is 0 Å². The third-order valence-electron chi connectivity index (χ3n) is 5.12. The Morgan fingerprint density at radius 3 is 2.77 bits per heavy atom. The molecule has 1 aromatic heterocycles. The molecule has 0 spiro atoms. The first-order valence-electron chi connectivity index (χ1n) is 9.97. The summed E-state index contributed by atoms with van der Waals surface area (Å²) in [5.41, 5.74) is 3.59. The third kappa shape index (κ3) is 5.49. The standard InChI is InChI=1S/C23H26BrN3O3/c1-25-22(29)8-4-5-15-9-10-20(24)19(11-15)23(30)27-17(14-28)12-16-13-26-21-7-3-2-6-18(16)21/h2-3,6-7,9-11,13,17,26,28H,4-5,8,12,14H2,1H3,(H,25,29)(H,27,30)/t17-/m1/s1. The summed E-state index contributed by atoms with van der Waals surface area (Å²) in [4.78, 5) is 27.5. The molecule has 0 aliphatic heterocycles. The molecule has 2 amide bonds. The number of halogens is 1. The van der Waals surface area contributed by atoms with Crippen molar-refractivity contribution in [1.82, 2.24) is 15.6 Å². The average molecular weight is 472 g/mol. The Kier molecular flexibility index (Phi) is 7.65. The lowest BCUT2D eigenvalue weighted by Gasteiger charge is -2.17. The van der Waals surface area contributed by atoms with Gasteiger partial charge in [0, 0.05) is 35.0 Å². The van der Waals surface area contributed by atoms with Crippen molar-refractivity contribution in [3.8, 4) is 0 Å². The topological polar surface area (TPSA) is 94.2 Å². The van der Waals surface area contributed by atoms with Gasteiger partial charge in [-0.2, -0.15) is 0 Å². The molecular formula is C23H26BrN3O3. The number of carbonyl (C=O) groups excluding carboxylic acids is 2. The number of nitrogens with one attached hydrogen (secondary N) is 3. The van der Waals surface area contributed by atoms with Crippen LogP contribution in [-0.4, -0.2) is 41.6 Å². The first kappa shape index (κ1) is 22.1. The zero-order valence-electron chi connectivity index (χ0n) is 16.9. The maximum Gasteiger partial charge on any atom is 0.252 e. The summed E-state index contributed by atoms with van der Waals surface area (Å²) in [6.07, 6.45) is 4.31. The SMILES string of the molecule is CNC(=O)CCCc1ccc(Br)c(C(=O)N[C@@H](CO)Cc2c[nH]c3ccccc23)c1. The molecule has 0 radical (unpaired) electrons. The number of fused-ring (bicyclic) bond motifs is 1. The second-order valence-corrected chi connectivity index (χ2v) is 8.11. The van der Waals surface area contributed by atoms with Crippen molar-refractivity contribution in [2.24, 2.45) is 0 Å². The number of para-hydroxylation sites is 1. The van der Waals surface area contributed by atoms with Gasteiger partial charge in [-0.1, -0.05) is 24.3 Å². The third-order valence-corrected chi connectivity index (χ3v) is 5.81. The van der Waals surface area contributed by atoms with Crippen LogP contribution >= 0.6 is 15.9 Å². The van der Waals surface area contributed by atoms with Crippen LogP contribution in [-0.2, 0) is 17.6 Å². The predicted molar refractivity (Wildman–Crippen MR) is 121 cm³/mol. The number of aromatic amines is 1. The van der Waals surface area contributed by atoms with Gasteiger partial charge in [-0.3, -0.25) is 9.59 Å². The van der Waals surface area contributed by atoms with Gasteiger partial charge in [-0.05, 0) is 64.5 Å². The van der Waals surface area contributed by atoms with Gasteiger partial charge in [0.05, 0.1) is 18.2 Å². The van der Waals surface area contributed by atoms with Gasteiger partial charge < -0.3 is 20.7 Å². The van der Waals surface area contributed by atoms with Crippen molar-refractivity contribution in [3.63, 3.8) is 0 Å². The molecule has 6 nitrogen and oxygen atoms in total. The second-order valence-electron chi connectivity index (χ2n) is 7.26. The van der Waals surface area contributed by atoms with Crippen LogP contribution in [0.4, 0.5) is 0 Å². The van der Waals surface area contributed by atoms with Crippen LogP contribution in [0.25, 0.3) is 10.9 Å². The van der Waals surface area contributed by atoms with Crippen molar-refractivity contribution in [2.75, 3.05) is 13.7 Å². The van der Waals surface area contributed by atoms with Crippen molar-refractivity contribution in [2.45, 2.75) is 31.7 Å². The van der Waals surface area contributed by atoms with Crippen LogP contribution in [0.3, 0.4) is 0 Å². The summed E-state index contributed by atoms with van der Waals surface area (Å²) in [6, 6.07) is 13.2. The van der Waals surface area contributed by atoms with Crippen LogP contribution in [0.2, 0.25) is 0 Å². The van der Waals surface area contributed by atoms with Crippen LogP contribution in [0.15, 0.2) is 53.1 Å². The maximum atomic E-state index is 12.9. The number of carbonyl (C=O) groups is 2. The molecule has 2 aromatic carbocycles. The monoisotopic (exact) mass is 471 g/mol. The number of H-pyrrole nitrogens is 1. The first-order chi connectivity index (χ1) is 14.5.